The molecule has 2 N–H and O–H groups in total. The predicted molar refractivity (Wildman–Crippen MR) is 192 cm³/mol. The Kier molecular flexibility index (Phi) is 11.8. The summed E-state index contributed by atoms with van der Waals surface area (Å²) in [6.07, 6.45) is 9.79. The molecule has 270 valence electrons. The highest BCUT2D eigenvalue weighted by Gasteiger charge is 2.44. The van der Waals surface area contributed by atoms with Crippen LogP contribution in [0, 0.1) is 11.8 Å². The lowest BCUT2D eigenvalue weighted by atomic mass is 9.87. The molecule has 3 saturated heterocycles. The Balaban J connectivity index is 1.22. The maximum absolute atomic E-state index is 14.1. The first-order valence-corrected chi connectivity index (χ1v) is 18.9. The van der Waals surface area contributed by atoms with Crippen LogP contribution in [-0.2, 0) is 32.0 Å². The van der Waals surface area contributed by atoms with Crippen molar-refractivity contribution in [2.24, 2.45) is 11.8 Å². The summed E-state index contributed by atoms with van der Waals surface area (Å²) in [5, 5.41) is 12.5. The van der Waals surface area contributed by atoms with Gasteiger partial charge in [-0.25, -0.2) is 0 Å². The van der Waals surface area contributed by atoms with Crippen molar-refractivity contribution in [1.29, 1.82) is 0 Å². The summed E-state index contributed by atoms with van der Waals surface area (Å²) in [7, 11) is 0. The van der Waals surface area contributed by atoms with Gasteiger partial charge in [-0.3, -0.25) is 24.1 Å². The first-order valence-electron chi connectivity index (χ1n) is 18.9. The molecular weight excluding hydrogens is 630 g/mol. The van der Waals surface area contributed by atoms with Crippen LogP contribution in [0.15, 0.2) is 54.6 Å². The summed E-state index contributed by atoms with van der Waals surface area (Å²) in [6, 6.07) is 16.8. The molecule has 0 radical (unpaired) electrons. The molecule has 0 bridgehead atoms. The Morgan fingerprint density at radius 1 is 0.760 bits per heavy atom. The molecule has 2 aromatic carbocycles. The third kappa shape index (κ3) is 8.68. The van der Waals surface area contributed by atoms with Crippen LogP contribution in [0.4, 0.5) is 0 Å². The lowest BCUT2D eigenvalue weighted by molar-refractivity contribution is -0.162. The molecule has 4 atom stereocenters. The Morgan fingerprint density at radius 2 is 1.48 bits per heavy atom. The number of rotatable bonds is 13. The van der Waals surface area contributed by atoms with Crippen molar-refractivity contribution in [3.05, 3.63) is 65.7 Å². The van der Waals surface area contributed by atoms with Gasteiger partial charge in [0.05, 0.1) is 12.1 Å². The van der Waals surface area contributed by atoms with Gasteiger partial charge in [0, 0.05) is 44.8 Å². The molecule has 0 aromatic heterocycles. The summed E-state index contributed by atoms with van der Waals surface area (Å²) in [6.45, 7) is 7.80. The number of aromatic hydroxyl groups is 1. The minimum absolute atomic E-state index is 0.0140. The van der Waals surface area contributed by atoms with Gasteiger partial charge in [-0.15, -0.1) is 0 Å². The molecule has 3 aliphatic heterocycles. The molecule has 0 spiro atoms. The number of carbonyl (C=O) groups excluding carboxylic acids is 4. The average molecular weight is 686 g/mol. The molecule has 6 rings (SSSR count). The molecule has 3 heterocycles. The Bertz CT molecular complexity index is 1480. The summed E-state index contributed by atoms with van der Waals surface area (Å²) in [4.78, 5) is 62.0. The SMILES string of the molecule is CC(C)C[C@H]1CN([C@@H](Cc2ccccc2)CN2CCC[C@@H]2CN2C(=O)C(=O)NC[C@@H]2Cc2ccc(O)cc2)C(=O)C(=O)N1CC1CCCCC1. The first-order chi connectivity index (χ1) is 24.2. The van der Waals surface area contributed by atoms with E-state index in [0.717, 1.165) is 49.8 Å². The number of nitrogens with zero attached hydrogens (tertiary/aromatic N) is 4. The van der Waals surface area contributed by atoms with Gasteiger partial charge in [-0.1, -0.05) is 75.6 Å². The minimum Gasteiger partial charge on any atom is -0.508 e. The number of phenols is 1. The molecule has 10 nitrogen and oxygen atoms in total. The lowest BCUT2D eigenvalue weighted by Gasteiger charge is -2.46. The van der Waals surface area contributed by atoms with Crippen LogP contribution < -0.4 is 5.32 Å². The molecule has 4 fully saturated rings. The molecule has 4 amide bonds. The van der Waals surface area contributed by atoms with E-state index in [-0.39, 0.29) is 35.8 Å². The molecule has 10 heteroatoms. The summed E-state index contributed by atoms with van der Waals surface area (Å²) < 4.78 is 0. The quantitative estimate of drug-likeness (QED) is 0.309. The molecule has 50 heavy (non-hydrogen) atoms. The van der Waals surface area contributed by atoms with E-state index in [2.05, 4.69) is 36.2 Å². The number of phenolic OH excluding ortho intramolecular Hbond substituents is 1. The zero-order chi connectivity index (χ0) is 35.2. The van der Waals surface area contributed by atoms with Crippen LogP contribution in [0.25, 0.3) is 0 Å². The highest BCUT2D eigenvalue weighted by atomic mass is 16.3. The number of likely N-dealkylation sites (tertiary alicyclic amines) is 1. The molecule has 2 aromatic rings. The summed E-state index contributed by atoms with van der Waals surface area (Å²) in [5.74, 6) is -0.805. The van der Waals surface area contributed by atoms with Crippen LogP contribution in [0.5, 0.6) is 5.75 Å². The van der Waals surface area contributed by atoms with Gasteiger partial charge in [0.2, 0.25) is 0 Å². The molecule has 1 saturated carbocycles. The fourth-order valence-electron chi connectivity index (χ4n) is 8.77. The highest BCUT2D eigenvalue weighted by Crippen LogP contribution is 2.30. The first kappa shape index (κ1) is 35.9. The van der Waals surface area contributed by atoms with E-state index in [1.165, 1.54) is 19.3 Å². The van der Waals surface area contributed by atoms with E-state index in [0.29, 0.717) is 57.4 Å². The van der Waals surface area contributed by atoms with Crippen LogP contribution in [0.2, 0.25) is 0 Å². The van der Waals surface area contributed by atoms with Crippen molar-refractivity contribution < 1.29 is 24.3 Å². The standard InChI is InChI=1S/C40H55N5O5/c1-28(2)20-34-27-45(40(50)39(49)43(34)24-31-12-7-4-8-13-31)35(22-29-10-5-3-6-11-29)25-42-19-9-14-32(42)26-44-33(23-41-37(47)38(44)48)21-30-15-17-36(46)18-16-30/h3,5-6,10-11,15-18,28,31-35,46H,4,7-9,12-14,19-27H2,1-2H3,(H,41,47)/t32-,33+,34+,35+/m1/s1. The zero-order valence-electron chi connectivity index (χ0n) is 29.8. The van der Waals surface area contributed by atoms with E-state index in [9.17, 15) is 24.3 Å². The van der Waals surface area contributed by atoms with Gasteiger partial charge in [0.15, 0.2) is 0 Å². The minimum atomic E-state index is -0.579. The summed E-state index contributed by atoms with van der Waals surface area (Å²) >= 11 is 0. The fraction of sp³-hybridized carbons (Fsp3) is 0.600. The number of piperazine rings is 2. The Labute approximate surface area is 297 Å². The smallest absolute Gasteiger partial charge is 0.312 e. The van der Waals surface area contributed by atoms with Crippen molar-refractivity contribution in [3.63, 3.8) is 0 Å². The predicted octanol–water partition coefficient (Wildman–Crippen LogP) is 4.00. The number of hydrogen-bond acceptors (Lipinski definition) is 6. The number of amides is 4. The van der Waals surface area contributed by atoms with Gasteiger partial charge in [-0.05, 0) is 86.6 Å². The number of nitrogens with one attached hydrogen (secondary N) is 1. The van der Waals surface area contributed by atoms with Crippen LogP contribution in [-0.4, -0.2) is 112 Å². The number of benzene rings is 2. The normalized spacial score (nSPS) is 24.7. The number of carbonyl (C=O) groups is 4. The molecular formula is C40H55N5O5. The second-order valence-corrected chi connectivity index (χ2v) is 15.5. The third-order valence-corrected chi connectivity index (χ3v) is 11.4. The lowest BCUT2D eigenvalue weighted by Crippen LogP contribution is -2.65. The third-order valence-electron chi connectivity index (χ3n) is 11.4. The second kappa shape index (κ2) is 16.4. The van der Waals surface area contributed by atoms with Gasteiger partial charge < -0.3 is 25.1 Å². The van der Waals surface area contributed by atoms with E-state index >= 15 is 0 Å². The van der Waals surface area contributed by atoms with Crippen molar-refractivity contribution in [1.82, 2.24) is 24.9 Å². The van der Waals surface area contributed by atoms with Crippen molar-refractivity contribution >= 4 is 23.6 Å². The average Bonchev–Trinajstić information content (AvgIpc) is 3.55. The molecule has 1 aliphatic carbocycles. The monoisotopic (exact) mass is 685 g/mol. The summed E-state index contributed by atoms with van der Waals surface area (Å²) in [5.41, 5.74) is 2.10. The Morgan fingerprint density at radius 3 is 2.20 bits per heavy atom. The largest absolute Gasteiger partial charge is 0.508 e. The van der Waals surface area contributed by atoms with Gasteiger partial charge in [0.25, 0.3) is 0 Å². The van der Waals surface area contributed by atoms with Crippen molar-refractivity contribution in [2.45, 2.75) is 102 Å². The van der Waals surface area contributed by atoms with Gasteiger partial charge >= 0.3 is 23.6 Å². The molecule has 0 unspecified atom stereocenters. The van der Waals surface area contributed by atoms with Crippen LogP contribution in [0.3, 0.4) is 0 Å². The van der Waals surface area contributed by atoms with E-state index < -0.39 is 17.7 Å². The van der Waals surface area contributed by atoms with E-state index in [1.54, 1.807) is 17.0 Å². The Hall–Kier alpha value is -3.92. The zero-order valence-corrected chi connectivity index (χ0v) is 29.8. The maximum Gasteiger partial charge on any atom is 0.312 e. The van der Waals surface area contributed by atoms with Crippen LogP contribution in [0.1, 0.15) is 76.3 Å². The van der Waals surface area contributed by atoms with E-state index in [4.69, 9.17) is 0 Å². The fourth-order valence-corrected chi connectivity index (χ4v) is 8.77. The number of hydrogen-bond donors (Lipinski definition) is 2. The van der Waals surface area contributed by atoms with Gasteiger partial charge in [0.1, 0.15) is 5.75 Å². The topological polar surface area (TPSA) is 113 Å². The highest BCUT2D eigenvalue weighted by molar-refractivity contribution is 6.36. The van der Waals surface area contributed by atoms with E-state index in [1.807, 2.05) is 40.1 Å². The van der Waals surface area contributed by atoms with Crippen LogP contribution >= 0.6 is 0 Å². The second-order valence-electron chi connectivity index (χ2n) is 15.5. The van der Waals surface area contributed by atoms with Crippen molar-refractivity contribution in [3.8, 4) is 5.75 Å². The molecule has 4 aliphatic rings. The van der Waals surface area contributed by atoms with Crippen molar-refractivity contribution in [2.75, 3.05) is 39.3 Å². The van der Waals surface area contributed by atoms with Gasteiger partial charge in [-0.2, -0.15) is 0 Å². The maximum atomic E-state index is 14.1.